The minimum Gasteiger partial charge on any atom is -0.307 e. The van der Waals surface area contributed by atoms with Gasteiger partial charge in [0, 0.05) is 23.7 Å². The number of nitrogens with zero attached hydrogens (tertiary/aromatic N) is 3. The first kappa shape index (κ1) is 13.4. The fraction of sp³-hybridized carbons (Fsp3) is 0.118. The summed E-state index contributed by atoms with van der Waals surface area (Å²) in [6.45, 7) is 1.05. The summed E-state index contributed by atoms with van der Waals surface area (Å²) < 4.78 is 0. The molecule has 1 saturated heterocycles. The summed E-state index contributed by atoms with van der Waals surface area (Å²) in [7, 11) is 0. The molecule has 0 spiro atoms. The van der Waals surface area contributed by atoms with E-state index in [4.69, 9.17) is 11.6 Å². The van der Waals surface area contributed by atoms with E-state index >= 15 is 0 Å². The summed E-state index contributed by atoms with van der Waals surface area (Å²) in [4.78, 5) is 13.0. The smallest absolute Gasteiger partial charge is 0.226 e. The van der Waals surface area contributed by atoms with Crippen LogP contribution in [0.2, 0.25) is 5.28 Å². The van der Waals surface area contributed by atoms with Gasteiger partial charge >= 0.3 is 0 Å². The SMILES string of the molecule is Clc1nc(-c2ccccc2)nc(-c2ccc(C3CN3)cc2)n1. The van der Waals surface area contributed by atoms with E-state index in [1.165, 1.54) is 5.56 Å². The molecule has 108 valence electrons. The van der Waals surface area contributed by atoms with Crippen LogP contribution in [0.1, 0.15) is 11.6 Å². The van der Waals surface area contributed by atoms with Crippen LogP contribution in [-0.4, -0.2) is 21.5 Å². The Morgan fingerprint density at radius 3 is 2.00 bits per heavy atom. The molecule has 0 aliphatic carbocycles. The van der Waals surface area contributed by atoms with Gasteiger partial charge in [0.25, 0.3) is 0 Å². The predicted octanol–water partition coefficient (Wildman–Crippen LogP) is 3.50. The van der Waals surface area contributed by atoms with Crippen molar-refractivity contribution < 1.29 is 0 Å². The molecule has 0 radical (unpaired) electrons. The Kier molecular flexibility index (Phi) is 3.33. The molecule has 1 atom stereocenters. The van der Waals surface area contributed by atoms with E-state index in [1.807, 2.05) is 42.5 Å². The van der Waals surface area contributed by atoms with Crippen molar-refractivity contribution in [1.82, 2.24) is 20.3 Å². The molecule has 2 aromatic carbocycles. The van der Waals surface area contributed by atoms with E-state index in [0.717, 1.165) is 17.7 Å². The lowest BCUT2D eigenvalue weighted by Crippen LogP contribution is -1.97. The van der Waals surface area contributed by atoms with E-state index in [2.05, 4.69) is 32.4 Å². The maximum absolute atomic E-state index is 6.07. The maximum atomic E-state index is 6.07. The topological polar surface area (TPSA) is 60.6 Å². The second-order valence-electron chi connectivity index (χ2n) is 5.20. The second kappa shape index (κ2) is 5.48. The Hall–Kier alpha value is -2.30. The molecule has 4 rings (SSSR count). The molecule has 4 nitrogen and oxygen atoms in total. The zero-order chi connectivity index (χ0) is 14.9. The minimum absolute atomic E-state index is 0.205. The molecule has 3 aromatic rings. The number of aromatic nitrogens is 3. The number of nitrogens with one attached hydrogen (secondary N) is 1. The molecule has 2 heterocycles. The maximum Gasteiger partial charge on any atom is 0.226 e. The summed E-state index contributed by atoms with van der Waals surface area (Å²) in [6.07, 6.45) is 0. The number of halogens is 1. The Morgan fingerprint density at radius 2 is 1.41 bits per heavy atom. The monoisotopic (exact) mass is 308 g/mol. The summed E-state index contributed by atoms with van der Waals surface area (Å²) in [5.74, 6) is 1.18. The number of hydrogen-bond acceptors (Lipinski definition) is 4. The van der Waals surface area contributed by atoms with E-state index in [9.17, 15) is 0 Å². The van der Waals surface area contributed by atoms with Crippen molar-refractivity contribution in [1.29, 1.82) is 0 Å². The first-order valence-electron chi connectivity index (χ1n) is 7.10. The number of benzene rings is 2. The largest absolute Gasteiger partial charge is 0.307 e. The Labute approximate surface area is 133 Å². The zero-order valence-corrected chi connectivity index (χ0v) is 12.5. The Morgan fingerprint density at radius 1 is 0.818 bits per heavy atom. The van der Waals surface area contributed by atoms with E-state index in [-0.39, 0.29) is 5.28 Å². The van der Waals surface area contributed by atoms with Crippen LogP contribution in [0.15, 0.2) is 54.6 Å². The molecule has 0 saturated carbocycles. The lowest BCUT2D eigenvalue weighted by atomic mass is 10.1. The average Bonchev–Trinajstić information content (AvgIpc) is 3.40. The van der Waals surface area contributed by atoms with Crippen LogP contribution in [0.4, 0.5) is 0 Å². The van der Waals surface area contributed by atoms with Crippen molar-refractivity contribution in [2.45, 2.75) is 6.04 Å². The van der Waals surface area contributed by atoms with Crippen LogP contribution in [-0.2, 0) is 0 Å². The van der Waals surface area contributed by atoms with Crippen LogP contribution in [0, 0.1) is 0 Å². The van der Waals surface area contributed by atoms with Gasteiger partial charge in [0.1, 0.15) is 0 Å². The first-order valence-corrected chi connectivity index (χ1v) is 7.48. The highest BCUT2D eigenvalue weighted by Gasteiger charge is 2.21. The molecule has 5 heteroatoms. The molecule has 1 aromatic heterocycles. The van der Waals surface area contributed by atoms with Gasteiger partial charge in [-0.05, 0) is 17.2 Å². The van der Waals surface area contributed by atoms with E-state index in [0.29, 0.717) is 17.7 Å². The van der Waals surface area contributed by atoms with Gasteiger partial charge in [0.15, 0.2) is 11.6 Å². The molecule has 0 amide bonds. The molecule has 1 N–H and O–H groups in total. The highest BCUT2D eigenvalue weighted by molar-refractivity contribution is 6.28. The first-order chi connectivity index (χ1) is 10.8. The molecular formula is C17H13ClN4. The Balaban J connectivity index is 1.73. The van der Waals surface area contributed by atoms with Gasteiger partial charge in [0.2, 0.25) is 5.28 Å². The minimum atomic E-state index is 0.205. The van der Waals surface area contributed by atoms with Crippen molar-refractivity contribution in [2.24, 2.45) is 0 Å². The summed E-state index contributed by atoms with van der Waals surface area (Å²) in [6, 6.07) is 18.5. The summed E-state index contributed by atoms with van der Waals surface area (Å²) >= 11 is 6.07. The quantitative estimate of drug-likeness (QED) is 0.752. The van der Waals surface area contributed by atoms with Gasteiger partial charge in [-0.3, -0.25) is 0 Å². The highest BCUT2D eigenvalue weighted by Crippen LogP contribution is 2.25. The molecule has 22 heavy (non-hydrogen) atoms. The van der Waals surface area contributed by atoms with Crippen molar-refractivity contribution >= 4 is 11.6 Å². The summed E-state index contributed by atoms with van der Waals surface area (Å²) in [5, 5.41) is 3.49. The summed E-state index contributed by atoms with van der Waals surface area (Å²) in [5.41, 5.74) is 3.14. The van der Waals surface area contributed by atoms with Crippen molar-refractivity contribution in [2.75, 3.05) is 6.54 Å². The number of rotatable bonds is 3. The van der Waals surface area contributed by atoms with Crippen LogP contribution in [0.25, 0.3) is 22.8 Å². The lowest BCUT2D eigenvalue weighted by molar-refractivity contribution is 1.06. The molecule has 1 aliphatic heterocycles. The fourth-order valence-electron chi connectivity index (χ4n) is 2.35. The predicted molar refractivity (Wildman–Crippen MR) is 86.5 cm³/mol. The van der Waals surface area contributed by atoms with Gasteiger partial charge in [-0.15, -0.1) is 0 Å². The Bertz CT molecular complexity index is 799. The zero-order valence-electron chi connectivity index (χ0n) is 11.7. The normalized spacial score (nSPS) is 16.5. The number of hydrogen-bond donors (Lipinski definition) is 1. The van der Waals surface area contributed by atoms with Crippen LogP contribution in [0.5, 0.6) is 0 Å². The average molecular weight is 309 g/mol. The molecular weight excluding hydrogens is 296 g/mol. The fourth-order valence-corrected chi connectivity index (χ4v) is 2.51. The third-order valence-electron chi connectivity index (χ3n) is 3.62. The standard InChI is InChI=1S/C17H13ClN4/c18-17-21-15(12-4-2-1-3-5-12)20-16(22-17)13-8-6-11(7-9-13)14-10-19-14/h1-9,14,19H,10H2. The highest BCUT2D eigenvalue weighted by atomic mass is 35.5. The van der Waals surface area contributed by atoms with Gasteiger partial charge in [-0.25, -0.2) is 4.98 Å². The van der Waals surface area contributed by atoms with Gasteiger partial charge in [0.05, 0.1) is 0 Å². The van der Waals surface area contributed by atoms with E-state index < -0.39 is 0 Å². The van der Waals surface area contributed by atoms with Crippen molar-refractivity contribution in [3.8, 4) is 22.8 Å². The van der Waals surface area contributed by atoms with Crippen molar-refractivity contribution in [3.63, 3.8) is 0 Å². The molecule has 1 fully saturated rings. The molecule has 0 bridgehead atoms. The van der Waals surface area contributed by atoms with Crippen LogP contribution in [0.3, 0.4) is 0 Å². The second-order valence-corrected chi connectivity index (χ2v) is 5.54. The third-order valence-corrected chi connectivity index (χ3v) is 3.79. The van der Waals surface area contributed by atoms with Crippen molar-refractivity contribution in [3.05, 3.63) is 65.4 Å². The van der Waals surface area contributed by atoms with Gasteiger partial charge < -0.3 is 5.32 Å². The third kappa shape index (κ3) is 2.71. The van der Waals surface area contributed by atoms with Crippen LogP contribution >= 0.6 is 11.6 Å². The molecule has 1 aliphatic rings. The lowest BCUT2D eigenvalue weighted by Gasteiger charge is -2.05. The molecule has 1 unspecified atom stereocenters. The van der Waals surface area contributed by atoms with E-state index in [1.54, 1.807) is 0 Å². The van der Waals surface area contributed by atoms with Crippen LogP contribution < -0.4 is 5.32 Å². The van der Waals surface area contributed by atoms with Gasteiger partial charge in [-0.1, -0.05) is 54.6 Å². The van der Waals surface area contributed by atoms with Gasteiger partial charge in [-0.2, -0.15) is 9.97 Å².